The fraction of sp³-hybridized carbons (Fsp3) is 0.192. The molecule has 1 fully saturated rings. The zero-order valence-corrected chi connectivity index (χ0v) is 17.9. The lowest BCUT2D eigenvalue weighted by Gasteiger charge is -2.08. The molecule has 0 amide bonds. The largest absolute Gasteiger partial charge is 0.368 e. The highest BCUT2D eigenvalue weighted by molar-refractivity contribution is 5.83. The Bertz CT molecular complexity index is 1350. The van der Waals surface area contributed by atoms with Gasteiger partial charge in [-0.15, -0.1) is 0 Å². The first-order valence-corrected chi connectivity index (χ1v) is 10.9. The van der Waals surface area contributed by atoms with Crippen LogP contribution in [0.25, 0.3) is 27.8 Å². The zero-order chi connectivity index (χ0) is 21.2. The van der Waals surface area contributed by atoms with Gasteiger partial charge in [-0.1, -0.05) is 44.2 Å². The maximum atomic E-state index is 4.71. The summed E-state index contributed by atoms with van der Waals surface area (Å²) in [5.74, 6) is 0. The van der Waals surface area contributed by atoms with Crippen molar-refractivity contribution in [2.24, 2.45) is 0 Å². The van der Waals surface area contributed by atoms with Gasteiger partial charge >= 0.3 is 0 Å². The summed E-state index contributed by atoms with van der Waals surface area (Å²) >= 11 is 0. The second-order valence-electron chi connectivity index (χ2n) is 7.46. The number of anilines is 1. The number of hydrogen-bond acceptors (Lipinski definition) is 4. The zero-order valence-electron chi connectivity index (χ0n) is 17.9. The molecule has 0 radical (unpaired) electrons. The van der Waals surface area contributed by atoms with Crippen LogP contribution in [0.2, 0.25) is 0 Å². The van der Waals surface area contributed by atoms with Gasteiger partial charge in [-0.2, -0.15) is 0 Å². The number of rotatable bonds is 4. The van der Waals surface area contributed by atoms with E-state index in [-0.39, 0.29) is 0 Å². The molecule has 0 aliphatic carbocycles. The van der Waals surface area contributed by atoms with E-state index in [0.717, 1.165) is 53.0 Å². The van der Waals surface area contributed by atoms with E-state index >= 15 is 0 Å². The first-order chi connectivity index (χ1) is 15.3. The Balaban J connectivity index is 0.000000994. The van der Waals surface area contributed by atoms with Crippen LogP contribution < -0.4 is 4.90 Å². The summed E-state index contributed by atoms with van der Waals surface area (Å²) in [6.45, 7) is 6.31. The molecule has 1 saturated heterocycles. The molecule has 3 aromatic heterocycles. The average Bonchev–Trinajstić information content (AvgIpc) is 3.59. The third-order valence-electron chi connectivity index (χ3n) is 5.50. The van der Waals surface area contributed by atoms with Gasteiger partial charge in [0.2, 0.25) is 0 Å². The van der Waals surface area contributed by atoms with E-state index in [0.29, 0.717) is 0 Å². The van der Waals surface area contributed by atoms with Crippen LogP contribution in [0.5, 0.6) is 0 Å². The molecule has 154 valence electrons. The van der Waals surface area contributed by atoms with Crippen molar-refractivity contribution >= 4 is 22.2 Å². The minimum atomic E-state index is 0.766. The second kappa shape index (κ2) is 8.19. The van der Waals surface area contributed by atoms with Crippen molar-refractivity contribution in [3.8, 4) is 11.3 Å². The van der Waals surface area contributed by atoms with Gasteiger partial charge in [0.25, 0.3) is 0 Å². The lowest BCUT2D eigenvalue weighted by atomic mass is 10.1. The Hall–Kier alpha value is -3.73. The molecular weight excluding hydrogens is 382 g/mol. The van der Waals surface area contributed by atoms with Crippen molar-refractivity contribution in [3.05, 3.63) is 90.6 Å². The number of aromatic nitrogens is 4. The minimum Gasteiger partial charge on any atom is -0.368 e. The van der Waals surface area contributed by atoms with Crippen LogP contribution in [0.1, 0.15) is 25.1 Å². The molecule has 0 N–H and O–H groups in total. The summed E-state index contributed by atoms with van der Waals surface area (Å²) in [5.41, 5.74) is 7.58. The molecule has 0 bridgehead atoms. The van der Waals surface area contributed by atoms with Gasteiger partial charge < -0.3 is 4.90 Å². The van der Waals surface area contributed by atoms with Crippen LogP contribution in [0, 0.1) is 0 Å². The lowest BCUT2D eigenvalue weighted by molar-refractivity contribution is 1.02. The van der Waals surface area contributed by atoms with Gasteiger partial charge in [0, 0.05) is 54.7 Å². The molecule has 0 saturated carbocycles. The summed E-state index contributed by atoms with van der Waals surface area (Å²) in [6, 6.07) is 19.1. The summed E-state index contributed by atoms with van der Waals surface area (Å²) < 4.78 is 2.13. The summed E-state index contributed by atoms with van der Waals surface area (Å²) in [5, 5.41) is 1.14. The van der Waals surface area contributed by atoms with Crippen molar-refractivity contribution in [2.45, 2.75) is 20.3 Å². The monoisotopic (exact) mass is 407 g/mol. The smallest absolute Gasteiger partial charge is 0.159 e. The molecule has 0 atom stereocenters. The van der Waals surface area contributed by atoms with Crippen molar-refractivity contribution in [3.63, 3.8) is 0 Å². The van der Waals surface area contributed by atoms with E-state index in [4.69, 9.17) is 4.98 Å². The van der Waals surface area contributed by atoms with E-state index in [1.165, 1.54) is 11.3 Å². The Labute approximate surface area is 182 Å². The van der Waals surface area contributed by atoms with E-state index in [1.54, 1.807) is 0 Å². The van der Waals surface area contributed by atoms with Crippen LogP contribution in [0.3, 0.4) is 0 Å². The molecule has 5 heteroatoms. The average molecular weight is 408 g/mol. The molecule has 6 rings (SSSR count). The molecule has 1 aliphatic heterocycles. The quantitative estimate of drug-likeness (QED) is 0.375. The number of fused-ring (bicyclic) bond motifs is 2. The number of nitrogens with zero attached hydrogens (tertiary/aromatic N) is 5. The number of pyridine rings is 1. The van der Waals surface area contributed by atoms with Gasteiger partial charge in [-0.3, -0.25) is 14.4 Å². The Morgan fingerprint density at radius 2 is 1.77 bits per heavy atom. The van der Waals surface area contributed by atoms with Crippen molar-refractivity contribution in [2.75, 3.05) is 18.0 Å². The molecular formula is C26H25N5. The molecule has 0 unspecified atom stereocenters. The van der Waals surface area contributed by atoms with Gasteiger partial charge in [-0.25, -0.2) is 4.98 Å². The second-order valence-corrected chi connectivity index (χ2v) is 7.46. The molecule has 5 aromatic rings. The number of benzene rings is 2. The first-order valence-electron chi connectivity index (χ1n) is 10.9. The van der Waals surface area contributed by atoms with Gasteiger partial charge in [0.05, 0.1) is 23.1 Å². The fourth-order valence-electron chi connectivity index (χ4n) is 3.90. The molecule has 5 nitrogen and oxygen atoms in total. The van der Waals surface area contributed by atoms with Gasteiger partial charge in [0.15, 0.2) is 5.65 Å². The highest BCUT2D eigenvalue weighted by Crippen LogP contribution is 2.27. The minimum absolute atomic E-state index is 0.766. The summed E-state index contributed by atoms with van der Waals surface area (Å²) in [6.07, 6.45) is 8.37. The summed E-state index contributed by atoms with van der Waals surface area (Å²) in [4.78, 5) is 16.2. The highest BCUT2D eigenvalue weighted by atomic mass is 15.3. The third-order valence-corrected chi connectivity index (χ3v) is 5.50. The predicted molar refractivity (Wildman–Crippen MR) is 127 cm³/mol. The molecule has 2 aromatic carbocycles. The molecule has 1 aliphatic rings. The van der Waals surface area contributed by atoms with Crippen LogP contribution in [0.4, 0.5) is 5.69 Å². The Morgan fingerprint density at radius 1 is 0.871 bits per heavy atom. The molecule has 31 heavy (non-hydrogen) atoms. The van der Waals surface area contributed by atoms with Crippen LogP contribution in [-0.2, 0) is 6.42 Å². The van der Waals surface area contributed by atoms with E-state index < -0.39 is 0 Å². The van der Waals surface area contributed by atoms with Crippen molar-refractivity contribution in [1.82, 2.24) is 19.4 Å². The highest BCUT2D eigenvalue weighted by Gasteiger charge is 2.18. The van der Waals surface area contributed by atoms with Gasteiger partial charge in [0.1, 0.15) is 0 Å². The third kappa shape index (κ3) is 3.75. The molecule has 4 heterocycles. The SMILES string of the molecule is CC.c1cc(Cc2nccn3c(-c4ccc5cccnc5c4)cnc23)cc(N2CC2)c1. The van der Waals surface area contributed by atoms with Crippen molar-refractivity contribution < 1.29 is 0 Å². The Morgan fingerprint density at radius 3 is 2.65 bits per heavy atom. The van der Waals surface area contributed by atoms with E-state index in [1.807, 2.05) is 44.7 Å². The van der Waals surface area contributed by atoms with Crippen molar-refractivity contribution in [1.29, 1.82) is 0 Å². The fourth-order valence-corrected chi connectivity index (χ4v) is 3.90. The lowest BCUT2D eigenvalue weighted by Crippen LogP contribution is -1.99. The predicted octanol–water partition coefficient (Wildman–Crippen LogP) is 5.38. The first kappa shape index (κ1) is 19.2. The maximum absolute atomic E-state index is 4.71. The van der Waals surface area contributed by atoms with E-state index in [9.17, 15) is 0 Å². The van der Waals surface area contributed by atoms with Gasteiger partial charge in [-0.05, 0) is 29.8 Å². The standard InChI is InChI=1S/C24H19N5.C2H6/c1-3-17(13-20(5-1)28-11-12-28)14-22-24-27-16-23(29(24)10-9-26-22)19-7-6-18-4-2-8-25-21(18)15-19;1-2/h1-10,13,15-16H,11-12,14H2;1-2H3. The normalized spacial score (nSPS) is 12.6. The summed E-state index contributed by atoms with van der Waals surface area (Å²) in [7, 11) is 0. The van der Waals surface area contributed by atoms with E-state index in [2.05, 4.69) is 67.8 Å². The number of hydrogen-bond donors (Lipinski definition) is 0. The van der Waals surface area contributed by atoms with Crippen LogP contribution in [0.15, 0.2) is 79.4 Å². The maximum Gasteiger partial charge on any atom is 0.159 e. The topological polar surface area (TPSA) is 46.1 Å². The number of imidazole rings is 1. The molecule has 0 spiro atoms. The van der Waals surface area contributed by atoms with Crippen LogP contribution >= 0.6 is 0 Å². The van der Waals surface area contributed by atoms with Crippen LogP contribution in [-0.4, -0.2) is 32.4 Å². The Kier molecular flexibility index (Phi) is 5.08.